The average Bonchev–Trinajstić information content (AvgIpc) is 2.92. The molecular weight excluding hydrogens is 324 g/mol. The van der Waals surface area contributed by atoms with Gasteiger partial charge in [-0.15, -0.1) is 23.1 Å². The van der Waals surface area contributed by atoms with Crippen LogP contribution in [0.25, 0.3) is 16.1 Å². The zero-order valence-corrected chi connectivity index (χ0v) is 14.3. The highest BCUT2D eigenvalue weighted by molar-refractivity contribution is 8.00. The van der Waals surface area contributed by atoms with Gasteiger partial charge in [0.1, 0.15) is 0 Å². The Morgan fingerprint density at radius 1 is 1.22 bits per heavy atom. The van der Waals surface area contributed by atoms with Gasteiger partial charge in [0.25, 0.3) is 0 Å². The second-order valence-corrected chi connectivity index (χ2v) is 6.84. The maximum atomic E-state index is 7.30. The van der Waals surface area contributed by atoms with Gasteiger partial charge in [0.15, 0.2) is 0 Å². The van der Waals surface area contributed by atoms with Gasteiger partial charge in [0.2, 0.25) is 10.9 Å². The Balaban J connectivity index is 2.01. The molecule has 6 heteroatoms. The minimum atomic E-state index is 0.552. The van der Waals surface area contributed by atoms with Crippen LogP contribution < -0.4 is 5.32 Å². The molecule has 0 aliphatic heterocycles. The van der Waals surface area contributed by atoms with Crippen LogP contribution in [0, 0.1) is 13.5 Å². The molecular formula is C17H14N4S2. The van der Waals surface area contributed by atoms with Crippen molar-refractivity contribution >= 4 is 39.7 Å². The number of thiophene rings is 1. The number of benzene rings is 1. The van der Waals surface area contributed by atoms with Gasteiger partial charge in [-0.2, -0.15) is 0 Å². The van der Waals surface area contributed by atoms with Crippen LogP contribution in [0.2, 0.25) is 0 Å². The lowest BCUT2D eigenvalue weighted by molar-refractivity contribution is 1.16. The molecule has 0 spiro atoms. The van der Waals surface area contributed by atoms with Crippen LogP contribution in [0.4, 0.5) is 16.6 Å². The highest BCUT2D eigenvalue weighted by atomic mass is 32.2. The monoisotopic (exact) mass is 338 g/mol. The third-order valence-corrected chi connectivity index (χ3v) is 5.62. The lowest BCUT2D eigenvalue weighted by Crippen LogP contribution is -1.98. The number of nitrogens with one attached hydrogen (secondary N) is 1. The van der Waals surface area contributed by atoms with E-state index in [2.05, 4.69) is 20.1 Å². The third-order valence-electron chi connectivity index (χ3n) is 3.32. The standard InChI is InChI=1S/C17H14N4S2/c1-11-14(16(22-3)23-15(11)18-2)13-9-10-19-17(21-13)20-12-7-5-4-6-8-12/h4-10H,1,3H3,(H,19,20,21). The molecule has 0 fully saturated rings. The number of hydrogen-bond donors (Lipinski definition) is 1. The van der Waals surface area contributed by atoms with Gasteiger partial charge in [-0.3, -0.25) is 0 Å². The van der Waals surface area contributed by atoms with Gasteiger partial charge in [-0.25, -0.2) is 14.8 Å². The largest absolute Gasteiger partial charge is 0.324 e. The van der Waals surface area contributed by atoms with E-state index in [4.69, 9.17) is 6.57 Å². The van der Waals surface area contributed by atoms with Crippen LogP contribution in [0.1, 0.15) is 5.56 Å². The van der Waals surface area contributed by atoms with Crippen LogP contribution in [-0.2, 0) is 0 Å². The molecule has 0 unspecified atom stereocenters. The minimum absolute atomic E-state index is 0.552. The van der Waals surface area contributed by atoms with E-state index in [1.807, 2.05) is 49.6 Å². The first-order valence-corrected chi connectivity index (χ1v) is 8.97. The lowest BCUT2D eigenvalue weighted by atomic mass is 10.1. The molecule has 0 aliphatic rings. The Kier molecular flexibility index (Phi) is 4.60. The van der Waals surface area contributed by atoms with E-state index >= 15 is 0 Å². The number of aromatic nitrogens is 2. The molecule has 23 heavy (non-hydrogen) atoms. The Bertz CT molecular complexity index is 866. The molecule has 2 aromatic heterocycles. The van der Waals surface area contributed by atoms with Crippen molar-refractivity contribution in [3.05, 3.63) is 59.6 Å². The van der Waals surface area contributed by atoms with Crippen molar-refractivity contribution in [2.75, 3.05) is 11.6 Å². The van der Waals surface area contributed by atoms with E-state index in [0.29, 0.717) is 5.95 Å². The Morgan fingerprint density at radius 2 is 2.00 bits per heavy atom. The number of para-hydroxylation sites is 1. The van der Waals surface area contributed by atoms with Crippen molar-refractivity contribution in [1.29, 1.82) is 0 Å². The highest BCUT2D eigenvalue weighted by Crippen LogP contribution is 2.45. The summed E-state index contributed by atoms with van der Waals surface area (Å²) < 4.78 is 1.11. The molecule has 2 heterocycles. The van der Waals surface area contributed by atoms with Crippen LogP contribution in [0.5, 0.6) is 0 Å². The first-order chi connectivity index (χ1) is 11.2. The van der Waals surface area contributed by atoms with Crippen LogP contribution in [0.15, 0.2) is 46.8 Å². The van der Waals surface area contributed by atoms with E-state index < -0.39 is 0 Å². The maximum Gasteiger partial charge on any atom is 0.245 e. The van der Waals surface area contributed by atoms with Crippen molar-refractivity contribution in [3.8, 4) is 11.3 Å². The lowest BCUT2D eigenvalue weighted by Gasteiger charge is -2.08. The van der Waals surface area contributed by atoms with E-state index in [0.717, 1.165) is 31.7 Å². The molecule has 0 aliphatic carbocycles. The molecule has 0 saturated heterocycles. The molecule has 114 valence electrons. The summed E-state index contributed by atoms with van der Waals surface area (Å²) in [5.41, 5.74) is 3.80. The summed E-state index contributed by atoms with van der Waals surface area (Å²) in [5.74, 6) is 0.552. The summed E-state index contributed by atoms with van der Waals surface area (Å²) in [4.78, 5) is 12.5. The van der Waals surface area contributed by atoms with Crippen LogP contribution in [-0.4, -0.2) is 16.2 Å². The summed E-state index contributed by atoms with van der Waals surface area (Å²) >= 11 is 3.16. The summed E-state index contributed by atoms with van der Waals surface area (Å²) in [6.45, 7) is 9.28. The Labute approximate surface area is 143 Å². The molecule has 0 radical (unpaired) electrons. The summed E-state index contributed by atoms with van der Waals surface area (Å²) in [6, 6.07) is 11.7. The van der Waals surface area contributed by atoms with E-state index in [9.17, 15) is 0 Å². The summed E-state index contributed by atoms with van der Waals surface area (Å²) in [6.07, 6.45) is 3.76. The number of nitrogens with zero attached hydrogens (tertiary/aromatic N) is 3. The van der Waals surface area contributed by atoms with Crippen LogP contribution >= 0.6 is 23.1 Å². The van der Waals surface area contributed by atoms with Crippen molar-refractivity contribution in [1.82, 2.24) is 9.97 Å². The van der Waals surface area contributed by atoms with Gasteiger partial charge in [-0.1, -0.05) is 18.2 Å². The molecule has 0 saturated carbocycles. The first-order valence-electron chi connectivity index (χ1n) is 6.93. The van der Waals surface area contributed by atoms with Gasteiger partial charge < -0.3 is 5.32 Å². The summed E-state index contributed by atoms with van der Waals surface area (Å²) in [5, 5.41) is 3.93. The van der Waals surface area contributed by atoms with E-state index in [1.165, 1.54) is 11.3 Å². The third kappa shape index (κ3) is 3.21. The van der Waals surface area contributed by atoms with E-state index in [-0.39, 0.29) is 0 Å². The van der Waals surface area contributed by atoms with Crippen molar-refractivity contribution in [2.45, 2.75) is 11.1 Å². The fraction of sp³-hybridized carbons (Fsp3) is 0.118. The zero-order valence-electron chi connectivity index (χ0n) is 12.7. The van der Waals surface area contributed by atoms with Gasteiger partial charge >= 0.3 is 0 Å². The molecule has 0 atom stereocenters. The average molecular weight is 338 g/mol. The predicted octanol–water partition coefficient (Wildman–Crippen LogP) is 5.53. The Hall–Kier alpha value is -2.36. The van der Waals surface area contributed by atoms with Gasteiger partial charge in [0, 0.05) is 17.4 Å². The maximum absolute atomic E-state index is 7.30. The molecule has 0 bridgehead atoms. The smallest absolute Gasteiger partial charge is 0.245 e. The van der Waals surface area contributed by atoms with E-state index in [1.54, 1.807) is 18.0 Å². The molecule has 4 nitrogen and oxygen atoms in total. The van der Waals surface area contributed by atoms with Crippen molar-refractivity contribution in [2.24, 2.45) is 0 Å². The SMILES string of the molecule is [C-]#[N+]c1sc(SC)c(-c2ccnc(Nc3ccccc3)n2)c1C. The van der Waals surface area contributed by atoms with Gasteiger partial charge in [-0.05, 0) is 36.9 Å². The fourth-order valence-corrected chi connectivity index (χ4v) is 4.10. The second-order valence-electron chi connectivity index (χ2n) is 4.77. The molecule has 1 N–H and O–H groups in total. The quantitative estimate of drug-likeness (QED) is 0.502. The molecule has 0 amide bonds. The number of thioether (sulfide) groups is 1. The fourth-order valence-electron chi connectivity index (χ4n) is 2.23. The highest BCUT2D eigenvalue weighted by Gasteiger charge is 2.17. The number of rotatable bonds is 4. The molecule has 1 aromatic carbocycles. The Morgan fingerprint density at radius 3 is 2.70 bits per heavy atom. The topological polar surface area (TPSA) is 42.2 Å². The number of hydrogen-bond acceptors (Lipinski definition) is 5. The number of anilines is 2. The molecule has 3 aromatic rings. The van der Waals surface area contributed by atoms with Gasteiger partial charge in [0.05, 0.1) is 16.5 Å². The zero-order chi connectivity index (χ0) is 16.2. The minimum Gasteiger partial charge on any atom is -0.324 e. The summed E-state index contributed by atoms with van der Waals surface area (Å²) in [7, 11) is 0. The second kappa shape index (κ2) is 6.82. The van der Waals surface area contributed by atoms with Crippen molar-refractivity contribution in [3.63, 3.8) is 0 Å². The predicted molar refractivity (Wildman–Crippen MR) is 97.8 cm³/mol. The molecule has 3 rings (SSSR count). The van der Waals surface area contributed by atoms with Crippen LogP contribution in [0.3, 0.4) is 0 Å². The normalized spacial score (nSPS) is 10.3. The van der Waals surface area contributed by atoms with Crippen molar-refractivity contribution < 1.29 is 0 Å². The first kappa shape index (κ1) is 15.5.